The zero-order valence-corrected chi connectivity index (χ0v) is 17.2. The average molecular weight is 380 g/mol. The molecule has 0 spiro atoms. The second-order valence-electron chi connectivity index (χ2n) is 8.06. The number of para-hydroxylation sites is 1. The first-order valence-electron chi connectivity index (χ1n) is 10.5. The van der Waals surface area contributed by atoms with E-state index in [4.69, 9.17) is 0 Å². The van der Waals surface area contributed by atoms with Crippen molar-refractivity contribution in [3.63, 3.8) is 0 Å². The van der Waals surface area contributed by atoms with Crippen LogP contribution in [0.25, 0.3) is 0 Å². The van der Waals surface area contributed by atoms with Crippen molar-refractivity contribution in [2.24, 2.45) is 5.92 Å². The summed E-state index contributed by atoms with van der Waals surface area (Å²) in [7, 11) is 0. The summed E-state index contributed by atoms with van der Waals surface area (Å²) in [6, 6.07) is 19.0. The van der Waals surface area contributed by atoms with Crippen LogP contribution in [0, 0.1) is 5.92 Å². The third kappa shape index (κ3) is 5.91. The van der Waals surface area contributed by atoms with Crippen LogP contribution < -0.4 is 10.2 Å². The molecule has 2 aromatic carbocycles. The van der Waals surface area contributed by atoms with Gasteiger partial charge in [-0.05, 0) is 29.5 Å². The van der Waals surface area contributed by atoms with E-state index in [0.717, 1.165) is 51.4 Å². The second-order valence-corrected chi connectivity index (χ2v) is 8.06. The number of anilines is 1. The van der Waals surface area contributed by atoms with E-state index >= 15 is 0 Å². The predicted molar refractivity (Wildman–Crippen MR) is 116 cm³/mol. The van der Waals surface area contributed by atoms with Gasteiger partial charge >= 0.3 is 0 Å². The Kier molecular flexibility index (Phi) is 7.63. The molecule has 0 bridgehead atoms. The molecule has 4 nitrogen and oxygen atoms in total. The highest BCUT2D eigenvalue weighted by atomic mass is 16.2. The van der Waals surface area contributed by atoms with Crippen LogP contribution in [0.4, 0.5) is 5.69 Å². The van der Waals surface area contributed by atoms with Gasteiger partial charge in [-0.1, -0.05) is 62.4 Å². The molecule has 1 N–H and O–H groups in total. The largest absolute Gasteiger partial charge is 0.312 e. The van der Waals surface area contributed by atoms with Crippen molar-refractivity contribution in [1.29, 1.82) is 0 Å². The van der Waals surface area contributed by atoms with Crippen molar-refractivity contribution in [3.8, 4) is 0 Å². The molecular weight excluding hydrogens is 346 g/mol. The van der Waals surface area contributed by atoms with Crippen LogP contribution in [0.2, 0.25) is 0 Å². The number of hydrogen-bond donors (Lipinski definition) is 1. The first-order chi connectivity index (χ1) is 13.6. The van der Waals surface area contributed by atoms with Crippen LogP contribution in [0.5, 0.6) is 0 Å². The van der Waals surface area contributed by atoms with E-state index in [1.165, 1.54) is 11.1 Å². The highest BCUT2D eigenvalue weighted by Gasteiger charge is 2.20. The molecule has 2 aromatic rings. The van der Waals surface area contributed by atoms with Gasteiger partial charge in [0.05, 0.1) is 0 Å². The topological polar surface area (TPSA) is 35.6 Å². The van der Waals surface area contributed by atoms with Crippen molar-refractivity contribution in [2.45, 2.75) is 39.8 Å². The molecule has 1 heterocycles. The van der Waals surface area contributed by atoms with Crippen LogP contribution in [0.3, 0.4) is 0 Å². The van der Waals surface area contributed by atoms with E-state index in [1.54, 1.807) is 0 Å². The fourth-order valence-electron chi connectivity index (χ4n) is 3.79. The zero-order valence-electron chi connectivity index (χ0n) is 17.2. The van der Waals surface area contributed by atoms with E-state index in [0.29, 0.717) is 12.3 Å². The van der Waals surface area contributed by atoms with Gasteiger partial charge in [0, 0.05) is 51.4 Å². The lowest BCUT2D eigenvalue weighted by Crippen LogP contribution is -2.35. The van der Waals surface area contributed by atoms with Crippen LogP contribution in [0.15, 0.2) is 54.6 Å². The minimum Gasteiger partial charge on any atom is -0.312 e. The van der Waals surface area contributed by atoms with Gasteiger partial charge in [-0.25, -0.2) is 0 Å². The Morgan fingerprint density at radius 1 is 1.00 bits per heavy atom. The molecule has 28 heavy (non-hydrogen) atoms. The quantitative estimate of drug-likeness (QED) is 0.870. The van der Waals surface area contributed by atoms with Crippen molar-refractivity contribution in [2.75, 3.05) is 31.1 Å². The number of benzene rings is 2. The number of carbonyl (C=O) groups is 1. The fraction of sp³-hybridized carbons (Fsp3) is 0.458. The summed E-state index contributed by atoms with van der Waals surface area (Å²) < 4.78 is 0. The third-order valence-electron chi connectivity index (χ3n) is 5.19. The van der Waals surface area contributed by atoms with Crippen molar-refractivity contribution in [3.05, 3.63) is 65.7 Å². The molecule has 0 radical (unpaired) electrons. The van der Waals surface area contributed by atoms with Gasteiger partial charge in [0.25, 0.3) is 0 Å². The molecule has 3 rings (SSSR count). The number of nitrogens with zero attached hydrogens (tertiary/aromatic N) is 2. The molecule has 0 saturated heterocycles. The van der Waals surface area contributed by atoms with Gasteiger partial charge in [-0.3, -0.25) is 9.69 Å². The Balaban J connectivity index is 1.75. The molecule has 0 aromatic heterocycles. The number of rotatable bonds is 4. The first kappa shape index (κ1) is 20.6. The highest BCUT2D eigenvalue weighted by Crippen LogP contribution is 2.23. The number of nitrogens with one attached hydrogen (secondary N) is 1. The number of hydrogen-bond acceptors (Lipinski definition) is 3. The second kappa shape index (κ2) is 10.4. The molecule has 0 atom stereocenters. The monoisotopic (exact) mass is 379 g/mol. The lowest BCUT2D eigenvalue weighted by molar-refractivity contribution is -0.119. The van der Waals surface area contributed by atoms with E-state index in [2.05, 4.69) is 72.6 Å². The maximum atomic E-state index is 13.0. The lowest BCUT2D eigenvalue weighted by Gasteiger charge is -2.27. The van der Waals surface area contributed by atoms with Crippen LogP contribution >= 0.6 is 0 Å². The summed E-state index contributed by atoms with van der Waals surface area (Å²) in [5, 5.41) is 3.58. The summed E-state index contributed by atoms with van der Waals surface area (Å²) >= 11 is 0. The highest BCUT2D eigenvalue weighted by molar-refractivity contribution is 5.94. The summed E-state index contributed by atoms with van der Waals surface area (Å²) in [6.45, 7) is 9.69. The molecule has 1 aliphatic rings. The summed E-state index contributed by atoms with van der Waals surface area (Å²) in [6.07, 6.45) is 1.57. The maximum Gasteiger partial charge on any atom is 0.227 e. The molecular formula is C24H33N3O. The van der Waals surface area contributed by atoms with Gasteiger partial charge < -0.3 is 10.2 Å². The van der Waals surface area contributed by atoms with E-state index in [-0.39, 0.29) is 5.91 Å². The number of amides is 1. The summed E-state index contributed by atoms with van der Waals surface area (Å²) in [5.74, 6) is 0.599. The summed E-state index contributed by atoms with van der Waals surface area (Å²) in [5.41, 5.74) is 3.61. The van der Waals surface area contributed by atoms with E-state index in [9.17, 15) is 4.79 Å². The Hall–Kier alpha value is -2.17. The van der Waals surface area contributed by atoms with Crippen molar-refractivity contribution >= 4 is 11.6 Å². The molecule has 4 heteroatoms. The smallest absolute Gasteiger partial charge is 0.227 e. The first-order valence-corrected chi connectivity index (χ1v) is 10.5. The van der Waals surface area contributed by atoms with Crippen LogP contribution in [-0.4, -0.2) is 37.0 Å². The van der Waals surface area contributed by atoms with Crippen molar-refractivity contribution < 1.29 is 4.79 Å². The van der Waals surface area contributed by atoms with Gasteiger partial charge in [0.15, 0.2) is 0 Å². The Morgan fingerprint density at radius 3 is 2.54 bits per heavy atom. The van der Waals surface area contributed by atoms with Crippen LogP contribution in [0.1, 0.15) is 37.8 Å². The SMILES string of the molecule is CC(C)CC(=O)N1CCCN(Cc2ccccc2)CCNCc2ccccc21. The summed E-state index contributed by atoms with van der Waals surface area (Å²) in [4.78, 5) is 17.5. The number of carbonyl (C=O) groups excluding carboxylic acids is 1. The maximum absolute atomic E-state index is 13.0. The van der Waals surface area contributed by atoms with Crippen LogP contribution in [-0.2, 0) is 17.9 Å². The Labute approximate surface area is 169 Å². The predicted octanol–water partition coefficient (Wildman–Crippen LogP) is 4.06. The molecule has 150 valence electrons. The van der Waals surface area contributed by atoms with Gasteiger partial charge in [-0.15, -0.1) is 0 Å². The van der Waals surface area contributed by atoms with Gasteiger partial charge in [0.1, 0.15) is 0 Å². The minimum atomic E-state index is 0.233. The minimum absolute atomic E-state index is 0.233. The zero-order chi connectivity index (χ0) is 19.8. The third-order valence-corrected chi connectivity index (χ3v) is 5.19. The fourth-order valence-corrected chi connectivity index (χ4v) is 3.79. The molecule has 0 saturated carbocycles. The lowest BCUT2D eigenvalue weighted by atomic mass is 10.1. The average Bonchev–Trinajstić information content (AvgIpc) is 2.72. The molecule has 0 aliphatic carbocycles. The van der Waals surface area contributed by atoms with Crippen molar-refractivity contribution in [1.82, 2.24) is 10.2 Å². The van der Waals surface area contributed by atoms with Gasteiger partial charge in [-0.2, -0.15) is 0 Å². The molecule has 1 aliphatic heterocycles. The Bertz CT molecular complexity index is 745. The normalized spacial score (nSPS) is 16.5. The number of fused-ring (bicyclic) bond motifs is 1. The van der Waals surface area contributed by atoms with E-state index < -0.39 is 0 Å². The molecule has 0 fully saturated rings. The molecule has 1 amide bonds. The molecule has 0 unspecified atom stereocenters. The Morgan fingerprint density at radius 2 is 1.75 bits per heavy atom. The standard InChI is InChI=1S/C24H33N3O/c1-20(2)17-24(28)27-15-8-14-26(19-21-9-4-3-5-10-21)16-13-25-18-22-11-6-7-12-23(22)27/h3-7,9-12,20,25H,8,13-19H2,1-2H3. The van der Waals surface area contributed by atoms with E-state index in [1.807, 2.05) is 11.0 Å². The van der Waals surface area contributed by atoms with Gasteiger partial charge in [0.2, 0.25) is 5.91 Å².